The summed E-state index contributed by atoms with van der Waals surface area (Å²) >= 11 is 0. The van der Waals surface area contributed by atoms with Gasteiger partial charge in [-0.15, -0.1) is 0 Å². The fourth-order valence-corrected chi connectivity index (χ4v) is 1.59. The lowest BCUT2D eigenvalue weighted by atomic mass is 10.1. The van der Waals surface area contributed by atoms with Gasteiger partial charge in [0, 0.05) is 0 Å². The Morgan fingerprint density at radius 1 is 1.22 bits per heavy atom. The van der Waals surface area contributed by atoms with Gasteiger partial charge in [-0.05, 0) is 24.3 Å². The first-order valence-electron chi connectivity index (χ1n) is 5.57. The smallest absolute Gasteiger partial charge is 0.192 e. The molecule has 4 heteroatoms. The maximum absolute atomic E-state index is 11.9. The summed E-state index contributed by atoms with van der Waals surface area (Å²) < 4.78 is 15.5. The highest BCUT2D eigenvalue weighted by Gasteiger charge is 2.11. The number of hydrogen-bond donors (Lipinski definition) is 0. The van der Waals surface area contributed by atoms with Gasteiger partial charge in [0.2, 0.25) is 0 Å². The van der Waals surface area contributed by atoms with Gasteiger partial charge < -0.3 is 13.9 Å². The molecule has 2 aromatic rings. The number of hydrogen-bond acceptors (Lipinski definition) is 4. The lowest BCUT2D eigenvalue weighted by Gasteiger charge is -2.07. The number of carbonyl (C=O) groups excluding carboxylic acids is 1. The molecular formula is C14H14O4. The molecule has 0 unspecified atom stereocenters. The van der Waals surface area contributed by atoms with Crippen LogP contribution in [0.25, 0.3) is 0 Å². The number of benzene rings is 1. The largest absolute Gasteiger partial charge is 0.496 e. The first-order chi connectivity index (χ1) is 8.81. The highest BCUT2D eigenvalue weighted by Crippen LogP contribution is 2.17. The second-order valence-corrected chi connectivity index (χ2v) is 3.70. The van der Waals surface area contributed by atoms with E-state index in [0.29, 0.717) is 17.1 Å². The molecule has 1 aromatic carbocycles. The molecule has 0 aliphatic heterocycles. The van der Waals surface area contributed by atoms with Crippen LogP contribution in [0.4, 0.5) is 0 Å². The number of ketones is 1. The maximum atomic E-state index is 11.9. The number of furan rings is 1. The summed E-state index contributed by atoms with van der Waals surface area (Å²) in [6, 6.07) is 10.7. The topological polar surface area (TPSA) is 48.7 Å². The Labute approximate surface area is 105 Å². The number of para-hydroxylation sites is 1. The summed E-state index contributed by atoms with van der Waals surface area (Å²) in [5, 5.41) is 0. The van der Waals surface area contributed by atoms with Crippen molar-refractivity contribution < 1.29 is 18.7 Å². The molecule has 0 atom stereocenters. The van der Waals surface area contributed by atoms with E-state index in [-0.39, 0.29) is 19.0 Å². The van der Waals surface area contributed by atoms with E-state index in [1.165, 1.54) is 7.11 Å². The lowest BCUT2D eigenvalue weighted by molar-refractivity contribution is 0.0688. The molecule has 0 aliphatic rings. The molecule has 1 heterocycles. The fraction of sp³-hybridized carbons (Fsp3) is 0.214. The molecule has 0 saturated carbocycles. The van der Waals surface area contributed by atoms with Gasteiger partial charge in [0.1, 0.15) is 24.7 Å². The fourth-order valence-electron chi connectivity index (χ4n) is 1.59. The van der Waals surface area contributed by atoms with Crippen LogP contribution >= 0.6 is 0 Å². The Bertz CT molecular complexity index is 502. The Hall–Kier alpha value is -2.07. The molecule has 0 saturated heterocycles. The van der Waals surface area contributed by atoms with Crippen LogP contribution in [0, 0.1) is 0 Å². The normalized spacial score (nSPS) is 10.3. The van der Waals surface area contributed by atoms with Crippen LogP contribution in [0.1, 0.15) is 16.1 Å². The van der Waals surface area contributed by atoms with Crippen molar-refractivity contribution in [2.24, 2.45) is 0 Å². The molecule has 0 radical (unpaired) electrons. The number of ether oxygens (including phenoxy) is 2. The van der Waals surface area contributed by atoms with Crippen molar-refractivity contribution in [2.75, 3.05) is 13.7 Å². The van der Waals surface area contributed by atoms with Gasteiger partial charge in [-0.1, -0.05) is 12.1 Å². The third-order valence-electron chi connectivity index (χ3n) is 2.46. The Kier molecular flexibility index (Phi) is 4.15. The zero-order valence-corrected chi connectivity index (χ0v) is 10.1. The van der Waals surface area contributed by atoms with E-state index in [2.05, 4.69) is 0 Å². The van der Waals surface area contributed by atoms with Gasteiger partial charge >= 0.3 is 0 Å². The van der Waals surface area contributed by atoms with Crippen LogP contribution in [-0.2, 0) is 11.3 Å². The molecule has 4 nitrogen and oxygen atoms in total. The standard InChI is InChI=1S/C14H14O4/c1-16-14-7-3-2-6-12(14)13(15)10-17-9-11-5-4-8-18-11/h2-8H,9-10H2,1H3. The molecule has 1 aromatic heterocycles. The van der Waals surface area contributed by atoms with Crippen LogP contribution in [0.2, 0.25) is 0 Å². The third kappa shape index (κ3) is 2.99. The third-order valence-corrected chi connectivity index (χ3v) is 2.46. The van der Waals surface area contributed by atoms with Crippen molar-refractivity contribution in [1.82, 2.24) is 0 Å². The summed E-state index contributed by atoms with van der Waals surface area (Å²) in [6.45, 7) is 0.287. The van der Waals surface area contributed by atoms with E-state index in [1.807, 2.05) is 6.07 Å². The van der Waals surface area contributed by atoms with Gasteiger partial charge in [0.05, 0.1) is 18.9 Å². The number of carbonyl (C=O) groups is 1. The molecule has 0 bridgehead atoms. The highest BCUT2D eigenvalue weighted by atomic mass is 16.5. The SMILES string of the molecule is COc1ccccc1C(=O)COCc1ccco1. The number of methoxy groups -OCH3 is 1. The van der Waals surface area contributed by atoms with Gasteiger partial charge in [-0.2, -0.15) is 0 Å². The summed E-state index contributed by atoms with van der Waals surface area (Å²) in [7, 11) is 1.54. The molecule has 0 N–H and O–H groups in total. The summed E-state index contributed by atoms with van der Waals surface area (Å²) in [4.78, 5) is 11.9. The van der Waals surface area contributed by atoms with Crippen molar-refractivity contribution in [1.29, 1.82) is 0 Å². The Morgan fingerprint density at radius 3 is 2.78 bits per heavy atom. The average Bonchev–Trinajstić information content (AvgIpc) is 2.91. The molecule has 0 aliphatic carbocycles. The van der Waals surface area contributed by atoms with Gasteiger partial charge in [-0.3, -0.25) is 4.79 Å². The predicted molar refractivity (Wildman–Crippen MR) is 65.7 cm³/mol. The molecule has 2 rings (SSSR count). The van der Waals surface area contributed by atoms with Crippen molar-refractivity contribution in [2.45, 2.75) is 6.61 Å². The Morgan fingerprint density at radius 2 is 2.06 bits per heavy atom. The minimum atomic E-state index is -0.112. The van der Waals surface area contributed by atoms with Crippen molar-refractivity contribution in [3.8, 4) is 5.75 Å². The minimum absolute atomic E-state index is 0.00106. The zero-order chi connectivity index (χ0) is 12.8. The first kappa shape index (κ1) is 12.4. The molecule has 94 valence electrons. The average molecular weight is 246 g/mol. The van der Waals surface area contributed by atoms with Gasteiger partial charge in [0.15, 0.2) is 5.78 Å². The molecule has 0 fully saturated rings. The first-order valence-corrected chi connectivity index (χ1v) is 5.57. The highest BCUT2D eigenvalue weighted by molar-refractivity contribution is 5.99. The number of rotatable bonds is 6. The maximum Gasteiger partial charge on any atom is 0.192 e. The van der Waals surface area contributed by atoms with Crippen molar-refractivity contribution in [3.63, 3.8) is 0 Å². The molecule has 0 spiro atoms. The van der Waals surface area contributed by atoms with E-state index in [0.717, 1.165) is 0 Å². The van der Waals surface area contributed by atoms with E-state index in [9.17, 15) is 4.79 Å². The van der Waals surface area contributed by atoms with E-state index < -0.39 is 0 Å². The lowest BCUT2D eigenvalue weighted by Crippen LogP contribution is -2.10. The van der Waals surface area contributed by atoms with Gasteiger partial charge in [-0.25, -0.2) is 0 Å². The summed E-state index contributed by atoms with van der Waals surface area (Å²) in [5.74, 6) is 1.14. The predicted octanol–water partition coefficient (Wildman–Crippen LogP) is 2.69. The number of Topliss-reactive ketones (excluding diaryl/α,β-unsaturated/α-hetero) is 1. The second-order valence-electron chi connectivity index (χ2n) is 3.70. The van der Waals surface area contributed by atoms with Crippen LogP contribution in [-0.4, -0.2) is 19.5 Å². The summed E-state index contributed by atoms with van der Waals surface area (Å²) in [5.41, 5.74) is 0.527. The van der Waals surface area contributed by atoms with E-state index in [4.69, 9.17) is 13.9 Å². The molecule has 18 heavy (non-hydrogen) atoms. The van der Waals surface area contributed by atoms with Crippen molar-refractivity contribution in [3.05, 3.63) is 54.0 Å². The quantitative estimate of drug-likeness (QED) is 0.735. The molecular weight excluding hydrogens is 232 g/mol. The van der Waals surface area contributed by atoms with Crippen LogP contribution in [0.3, 0.4) is 0 Å². The van der Waals surface area contributed by atoms with Crippen LogP contribution < -0.4 is 4.74 Å². The zero-order valence-electron chi connectivity index (χ0n) is 10.1. The summed E-state index contributed by atoms with van der Waals surface area (Å²) in [6.07, 6.45) is 1.57. The minimum Gasteiger partial charge on any atom is -0.496 e. The van der Waals surface area contributed by atoms with Gasteiger partial charge in [0.25, 0.3) is 0 Å². The second kappa shape index (κ2) is 6.02. The van der Waals surface area contributed by atoms with E-state index >= 15 is 0 Å². The van der Waals surface area contributed by atoms with E-state index in [1.54, 1.807) is 36.6 Å². The Balaban J connectivity index is 1.91. The van der Waals surface area contributed by atoms with Crippen LogP contribution in [0.5, 0.6) is 5.75 Å². The van der Waals surface area contributed by atoms with Crippen LogP contribution in [0.15, 0.2) is 47.1 Å². The molecule has 0 amide bonds. The monoisotopic (exact) mass is 246 g/mol. The van der Waals surface area contributed by atoms with Crippen molar-refractivity contribution >= 4 is 5.78 Å².